The summed E-state index contributed by atoms with van der Waals surface area (Å²) in [5.41, 5.74) is 8.00. The second-order valence-corrected chi connectivity index (χ2v) is 6.50. The van der Waals surface area contributed by atoms with Crippen LogP contribution in [0.3, 0.4) is 0 Å². The maximum Gasteiger partial charge on any atom is 0.251 e. The predicted molar refractivity (Wildman–Crippen MR) is 98.6 cm³/mol. The highest BCUT2D eigenvalue weighted by atomic mass is 32.1. The van der Waals surface area contributed by atoms with Gasteiger partial charge in [0, 0.05) is 11.1 Å². The van der Waals surface area contributed by atoms with Crippen molar-refractivity contribution in [2.45, 2.75) is 13.0 Å². The first-order valence-electron chi connectivity index (χ1n) is 7.71. The van der Waals surface area contributed by atoms with Crippen LogP contribution in [-0.4, -0.2) is 23.2 Å². The molecule has 0 aliphatic carbocycles. The third-order valence-electron chi connectivity index (χ3n) is 3.72. The molecule has 1 aromatic heterocycles. The van der Waals surface area contributed by atoms with Gasteiger partial charge in [-0.15, -0.1) is 10.2 Å². The van der Waals surface area contributed by atoms with Gasteiger partial charge >= 0.3 is 0 Å². The Hall–Kier alpha value is -2.93. The molecule has 1 unspecified atom stereocenters. The van der Waals surface area contributed by atoms with Crippen molar-refractivity contribution in [3.8, 4) is 16.9 Å². The van der Waals surface area contributed by atoms with Gasteiger partial charge < -0.3 is 15.8 Å². The normalized spacial score (nSPS) is 11.8. The number of ether oxygens (including phenoxy) is 1. The first-order valence-corrected chi connectivity index (χ1v) is 8.53. The lowest BCUT2D eigenvalue weighted by Crippen LogP contribution is -2.26. The van der Waals surface area contributed by atoms with Crippen LogP contribution in [0.15, 0.2) is 48.5 Å². The highest BCUT2D eigenvalue weighted by Crippen LogP contribution is 2.30. The van der Waals surface area contributed by atoms with Gasteiger partial charge in [-0.2, -0.15) is 0 Å². The molecule has 0 bridgehead atoms. The van der Waals surface area contributed by atoms with Crippen molar-refractivity contribution in [3.63, 3.8) is 0 Å². The van der Waals surface area contributed by atoms with E-state index in [0.717, 1.165) is 16.9 Å². The number of hydrogen-bond acceptors (Lipinski definition) is 6. The summed E-state index contributed by atoms with van der Waals surface area (Å²) >= 11 is 1.26. The number of nitrogens with two attached hydrogens (primary N) is 1. The molecule has 0 spiro atoms. The lowest BCUT2D eigenvalue weighted by molar-refractivity contribution is 0.0939. The van der Waals surface area contributed by atoms with E-state index in [1.165, 1.54) is 11.3 Å². The van der Waals surface area contributed by atoms with Crippen LogP contribution in [0.5, 0.6) is 5.75 Å². The number of hydrogen-bond donors (Lipinski definition) is 2. The number of nitrogen functional groups attached to an aromatic ring is 1. The molecule has 25 heavy (non-hydrogen) atoms. The van der Waals surface area contributed by atoms with Gasteiger partial charge in [-0.05, 0) is 30.7 Å². The van der Waals surface area contributed by atoms with Crippen molar-refractivity contribution in [3.05, 3.63) is 59.1 Å². The zero-order chi connectivity index (χ0) is 17.8. The van der Waals surface area contributed by atoms with Crippen molar-refractivity contribution >= 4 is 22.4 Å². The molecule has 2 aromatic carbocycles. The van der Waals surface area contributed by atoms with Crippen LogP contribution in [0, 0.1) is 0 Å². The Bertz CT molecular complexity index is 894. The van der Waals surface area contributed by atoms with E-state index in [1.807, 2.05) is 49.4 Å². The van der Waals surface area contributed by atoms with Crippen molar-refractivity contribution in [1.82, 2.24) is 15.5 Å². The van der Waals surface area contributed by atoms with Gasteiger partial charge in [-0.1, -0.05) is 41.7 Å². The zero-order valence-corrected chi connectivity index (χ0v) is 14.7. The highest BCUT2D eigenvalue weighted by molar-refractivity contribution is 7.15. The number of nitrogens with one attached hydrogen (secondary N) is 1. The van der Waals surface area contributed by atoms with Crippen LogP contribution in [-0.2, 0) is 0 Å². The number of carbonyl (C=O) groups excluding carboxylic acids is 1. The van der Waals surface area contributed by atoms with E-state index in [-0.39, 0.29) is 11.9 Å². The fourth-order valence-electron chi connectivity index (χ4n) is 2.47. The van der Waals surface area contributed by atoms with Gasteiger partial charge in [0.25, 0.3) is 5.91 Å². The van der Waals surface area contributed by atoms with E-state index >= 15 is 0 Å². The Kier molecular flexibility index (Phi) is 4.95. The summed E-state index contributed by atoms with van der Waals surface area (Å²) in [7, 11) is 1.63. The van der Waals surface area contributed by atoms with E-state index in [1.54, 1.807) is 13.2 Å². The average molecular weight is 354 g/mol. The van der Waals surface area contributed by atoms with Crippen LogP contribution in [0.4, 0.5) is 5.13 Å². The molecule has 128 valence electrons. The first kappa shape index (κ1) is 16.9. The minimum Gasteiger partial charge on any atom is -0.496 e. The summed E-state index contributed by atoms with van der Waals surface area (Å²) in [5.74, 6) is 0.579. The highest BCUT2D eigenvalue weighted by Gasteiger charge is 2.16. The molecule has 3 aromatic rings. The fourth-order valence-corrected chi connectivity index (χ4v) is 3.09. The quantitative estimate of drug-likeness (QED) is 0.734. The Morgan fingerprint density at radius 2 is 2.00 bits per heavy atom. The summed E-state index contributed by atoms with van der Waals surface area (Å²) in [6.45, 7) is 1.85. The molecule has 7 heteroatoms. The Morgan fingerprint density at radius 3 is 2.72 bits per heavy atom. The Morgan fingerprint density at radius 1 is 1.20 bits per heavy atom. The first-order chi connectivity index (χ1) is 12.1. The molecule has 1 heterocycles. The summed E-state index contributed by atoms with van der Waals surface area (Å²) in [5, 5.41) is 11.7. The smallest absolute Gasteiger partial charge is 0.251 e. The van der Waals surface area contributed by atoms with Crippen molar-refractivity contribution in [2.75, 3.05) is 12.8 Å². The molecule has 0 saturated carbocycles. The second-order valence-electron chi connectivity index (χ2n) is 5.45. The van der Waals surface area contributed by atoms with Crippen LogP contribution in [0.2, 0.25) is 0 Å². The molecule has 0 fully saturated rings. The summed E-state index contributed by atoms with van der Waals surface area (Å²) in [6.07, 6.45) is 0. The number of rotatable bonds is 5. The van der Waals surface area contributed by atoms with E-state index in [2.05, 4.69) is 15.5 Å². The molecule has 0 radical (unpaired) electrons. The largest absolute Gasteiger partial charge is 0.496 e. The fraction of sp³-hybridized carbons (Fsp3) is 0.167. The van der Waals surface area contributed by atoms with Gasteiger partial charge in [-0.25, -0.2) is 0 Å². The minimum absolute atomic E-state index is 0.182. The molecule has 0 aliphatic heterocycles. The van der Waals surface area contributed by atoms with Crippen molar-refractivity contribution < 1.29 is 9.53 Å². The van der Waals surface area contributed by atoms with Crippen LogP contribution in [0.1, 0.15) is 28.3 Å². The SMILES string of the molecule is COc1ccccc1-c1cccc(C(=O)NC(C)c2nnc(N)s2)c1. The van der Waals surface area contributed by atoms with Gasteiger partial charge in [0.15, 0.2) is 0 Å². The third-order valence-corrected chi connectivity index (χ3v) is 4.65. The second kappa shape index (κ2) is 7.31. The van der Waals surface area contributed by atoms with Gasteiger partial charge in [0.1, 0.15) is 10.8 Å². The van der Waals surface area contributed by atoms with Gasteiger partial charge in [0.05, 0.1) is 13.2 Å². The van der Waals surface area contributed by atoms with Crippen LogP contribution in [0.25, 0.3) is 11.1 Å². The lowest BCUT2D eigenvalue weighted by atomic mass is 10.0. The summed E-state index contributed by atoms with van der Waals surface area (Å²) in [6, 6.07) is 14.8. The van der Waals surface area contributed by atoms with E-state index in [0.29, 0.717) is 15.7 Å². The lowest BCUT2D eigenvalue weighted by Gasteiger charge is -2.12. The maximum absolute atomic E-state index is 12.6. The number of para-hydroxylation sites is 1. The number of carbonyl (C=O) groups is 1. The van der Waals surface area contributed by atoms with E-state index in [4.69, 9.17) is 10.5 Å². The molecular weight excluding hydrogens is 336 g/mol. The Labute approximate surface area is 149 Å². The van der Waals surface area contributed by atoms with E-state index < -0.39 is 0 Å². The number of anilines is 1. The standard InChI is InChI=1S/C18H18N4O2S/c1-11(17-21-22-18(19)25-17)20-16(23)13-7-5-6-12(10-13)14-8-3-4-9-15(14)24-2/h3-11H,1-2H3,(H2,19,22)(H,20,23). The maximum atomic E-state index is 12.6. The van der Waals surface area contributed by atoms with Crippen molar-refractivity contribution in [1.29, 1.82) is 0 Å². The van der Waals surface area contributed by atoms with Crippen molar-refractivity contribution in [2.24, 2.45) is 0 Å². The molecule has 1 amide bonds. The number of aromatic nitrogens is 2. The molecule has 3 rings (SSSR count). The molecule has 0 saturated heterocycles. The molecule has 0 aliphatic rings. The number of benzene rings is 2. The molecular formula is C18H18N4O2S. The molecule has 3 N–H and O–H groups in total. The average Bonchev–Trinajstić information content (AvgIpc) is 3.08. The van der Waals surface area contributed by atoms with Gasteiger partial charge in [-0.3, -0.25) is 4.79 Å². The number of methoxy groups -OCH3 is 1. The monoisotopic (exact) mass is 354 g/mol. The summed E-state index contributed by atoms with van der Waals surface area (Å²) in [4.78, 5) is 12.6. The molecule has 1 atom stereocenters. The Balaban J connectivity index is 1.82. The van der Waals surface area contributed by atoms with Crippen LogP contribution >= 0.6 is 11.3 Å². The molecule has 6 nitrogen and oxygen atoms in total. The zero-order valence-electron chi connectivity index (χ0n) is 13.9. The van der Waals surface area contributed by atoms with Gasteiger partial charge in [0.2, 0.25) is 5.13 Å². The van der Waals surface area contributed by atoms with E-state index in [9.17, 15) is 4.79 Å². The topological polar surface area (TPSA) is 90.1 Å². The number of nitrogens with zero attached hydrogens (tertiary/aromatic N) is 2. The minimum atomic E-state index is -0.266. The third kappa shape index (κ3) is 3.77. The number of amides is 1. The van der Waals surface area contributed by atoms with Crippen LogP contribution < -0.4 is 15.8 Å². The summed E-state index contributed by atoms with van der Waals surface area (Å²) < 4.78 is 5.40. The predicted octanol–water partition coefficient (Wildman–Crippen LogP) is 3.29.